The molecule has 2 aliphatic heterocycles. The molecule has 0 bridgehead atoms. The molecule has 2 aliphatic rings. The van der Waals surface area contributed by atoms with Crippen molar-refractivity contribution in [3.8, 4) is 0 Å². The van der Waals surface area contributed by atoms with Crippen LogP contribution < -0.4 is 5.73 Å². The number of anilines is 1. The summed E-state index contributed by atoms with van der Waals surface area (Å²) in [5.74, 6) is 0.377. The predicted molar refractivity (Wildman–Crippen MR) is 109 cm³/mol. The van der Waals surface area contributed by atoms with E-state index >= 15 is 0 Å². The number of furan rings is 2. The molecule has 1 atom stereocenters. The lowest BCUT2D eigenvalue weighted by Crippen LogP contribution is -2.38. The Bertz CT molecular complexity index is 1050. The number of carbonyl (C=O) groups is 1. The third-order valence-corrected chi connectivity index (χ3v) is 6.15. The molecule has 4 heterocycles. The van der Waals surface area contributed by atoms with Crippen molar-refractivity contribution in [2.24, 2.45) is 0 Å². The van der Waals surface area contributed by atoms with E-state index in [4.69, 9.17) is 14.6 Å². The van der Waals surface area contributed by atoms with E-state index in [1.165, 1.54) is 43.9 Å². The Hall–Kier alpha value is -2.79. The molecule has 0 aliphatic carbocycles. The summed E-state index contributed by atoms with van der Waals surface area (Å²) in [4.78, 5) is 15.3. The lowest BCUT2D eigenvalue weighted by molar-refractivity contribution is 0.103. The van der Waals surface area contributed by atoms with Crippen LogP contribution in [-0.4, -0.2) is 29.8 Å². The van der Waals surface area contributed by atoms with Crippen LogP contribution in [0.3, 0.4) is 0 Å². The van der Waals surface area contributed by atoms with Crippen LogP contribution in [0.15, 0.2) is 51.7 Å². The number of allylic oxidation sites excluding steroid dienone is 1. The van der Waals surface area contributed by atoms with Crippen LogP contribution in [0.5, 0.6) is 0 Å². The minimum absolute atomic E-state index is 0.0617. The van der Waals surface area contributed by atoms with E-state index < -0.39 is 0 Å². The van der Waals surface area contributed by atoms with Crippen LogP contribution in [0.4, 0.5) is 5.88 Å². The van der Waals surface area contributed by atoms with Crippen molar-refractivity contribution in [1.29, 1.82) is 0 Å². The van der Waals surface area contributed by atoms with Gasteiger partial charge in [-0.2, -0.15) is 0 Å². The van der Waals surface area contributed by atoms with Crippen LogP contribution >= 0.6 is 0 Å². The summed E-state index contributed by atoms with van der Waals surface area (Å²) in [7, 11) is 0. The lowest BCUT2D eigenvalue weighted by atomic mass is 9.94. The molecule has 1 saturated heterocycles. The normalized spacial score (nSPS) is 20.6. The molecule has 1 aromatic carbocycles. The molecule has 144 valence electrons. The Kier molecular flexibility index (Phi) is 4.32. The highest BCUT2D eigenvalue weighted by molar-refractivity contribution is 6.11. The van der Waals surface area contributed by atoms with Crippen molar-refractivity contribution in [3.05, 3.63) is 59.6 Å². The van der Waals surface area contributed by atoms with Crippen molar-refractivity contribution < 1.29 is 13.6 Å². The number of hydrogen-bond acceptors (Lipinski definition) is 5. The van der Waals surface area contributed by atoms with Crippen molar-refractivity contribution in [1.82, 2.24) is 4.90 Å². The zero-order chi connectivity index (χ0) is 19.1. The van der Waals surface area contributed by atoms with Gasteiger partial charge in [-0.15, -0.1) is 0 Å². The molecule has 3 aromatic rings. The Balaban J connectivity index is 1.53. The molecule has 5 heteroatoms. The standard InChI is InChI=1S/C23H24N2O3/c24-23-21(15-4-6-18-3-1-2-10-25(18)11-8-15)19-13-16(5-7-20(19)28-23)22(26)17-9-12-27-14-17/h5,7-9,12-14,18H,1-4,6,10-11,24H2. The van der Waals surface area contributed by atoms with E-state index in [9.17, 15) is 4.79 Å². The first-order chi connectivity index (χ1) is 13.7. The lowest BCUT2D eigenvalue weighted by Gasteiger charge is -2.33. The van der Waals surface area contributed by atoms with Gasteiger partial charge in [0.2, 0.25) is 0 Å². The molecule has 0 amide bonds. The molecular formula is C23H24N2O3. The number of nitrogens with two attached hydrogens (primary N) is 1. The largest absolute Gasteiger partial charge is 0.472 e. The highest BCUT2D eigenvalue weighted by Gasteiger charge is 2.26. The summed E-state index contributed by atoms with van der Waals surface area (Å²) in [6, 6.07) is 7.87. The Morgan fingerprint density at radius 1 is 1.14 bits per heavy atom. The van der Waals surface area contributed by atoms with Gasteiger partial charge in [0.1, 0.15) is 11.8 Å². The first kappa shape index (κ1) is 17.3. The summed E-state index contributed by atoms with van der Waals surface area (Å²) in [5.41, 5.74) is 10.4. The van der Waals surface area contributed by atoms with Gasteiger partial charge < -0.3 is 14.6 Å². The Morgan fingerprint density at radius 2 is 2.07 bits per heavy atom. The minimum Gasteiger partial charge on any atom is -0.472 e. The second kappa shape index (κ2) is 6.99. The molecule has 1 unspecified atom stereocenters. The summed E-state index contributed by atoms with van der Waals surface area (Å²) >= 11 is 0. The zero-order valence-corrected chi connectivity index (χ0v) is 15.8. The van der Waals surface area contributed by atoms with Gasteiger partial charge in [0.05, 0.1) is 11.8 Å². The van der Waals surface area contributed by atoms with Crippen molar-refractivity contribution in [2.75, 3.05) is 18.8 Å². The van der Waals surface area contributed by atoms with E-state index in [0.717, 1.165) is 35.9 Å². The number of benzene rings is 1. The summed E-state index contributed by atoms with van der Waals surface area (Å²) in [6.07, 6.45) is 11.3. The smallest absolute Gasteiger partial charge is 0.199 e. The van der Waals surface area contributed by atoms with Gasteiger partial charge in [0.25, 0.3) is 0 Å². The molecule has 1 fully saturated rings. The number of piperidine rings is 1. The maximum absolute atomic E-state index is 12.7. The third-order valence-electron chi connectivity index (χ3n) is 6.15. The van der Waals surface area contributed by atoms with E-state index in [-0.39, 0.29) is 5.78 Å². The van der Waals surface area contributed by atoms with E-state index in [1.54, 1.807) is 12.1 Å². The number of fused-ring (bicyclic) bond motifs is 2. The molecule has 2 aromatic heterocycles. The highest BCUT2D eigenvalue weighted by Crippen LogP contribution is 2.38. The SMILES string of the molecule is Nc1oc2ccc(C(=O)c3ccoc3)cc2c1C1=CCN2CCCCC2CC1. The maximum Gasteiger partial charge on any atom is 0.199 e. The van der Waals surface area contributed by atoms with Crippen LogP contribution in [-0.2, 0) is 0 Å². The summed E-state index contributed by atoms with van der Waals surface area (Å²) in [6.45, 7) is 2.14. The highest BCUT2D eigenvalue weighted by atomic mass is 16.3. The topological polar surface area (TPSA) is 72.6 Å². The van der Waals surface area contributed by atoms with Crippen LogP contribution in [0, 0.1) is 0 Å². The summed E-state index contributed by atoms with van der Waals surface area (Å²) in [5, 5.41) is 0.915. The molecule has 28 heavy (non-hydrogen) atoms. The molecule has 0 spiro atoms. The van der Waals surface area contributed by atoms with Crippen LogP contribution in [0.2, 0.25) is 0 Å². The second-order valence-corrected chi connectivity index (χ2v) is 7.81. The van der Waals surface area contributed by atoms with Gasteiger partial charge in [-0.25, -0.2) is 0 Å². The van der Waals surface area contributed by atoms with Crippen molar-refractivity contribution in [3.63, 3.8) is 0 Å². The van der Waals surface area contributed by atoms with Gasteiger partial charge in [-0.1, -0.05) is 12.5 Å². The molecular weight excluding hydrogens is 352 g/mol. The molecule has 2 N–H and O–H groups in total. The van der Waals surface area contributed by atoms with Gasteiger partial charge in [0, 0.05) is 29.1 Å². The Morgan fingerprint density at radius 3 is 2.93 bits per heavy atom. The van der Waals surface area contributed by atoms with Crippen molar-refractivity contribution >= 4 is 28.2 Å². The van der Waals surface area contributed by atoms with Crippen LogP contribution in [0.25, 0.3) is 16.5 Å². The third kappa shape index (κ3) is 2.96. The van der Waals surface area contributed by atoms with E-state index in [2.05, 4.69) is 11.0 Å². The van der Waals surface area contributed by atoms with Gasteiger partial charge >= 0.3 is 0 Å². The molecule has 0 saturated carbocycles. The predicted octanol–water partition coefficient (Wildman–Crippen LogP) is 4.87. The fraction of sp³-hybridized carbons (Fsp3) is 0.348. The van der Waals surface area contributed by atoms with Crippen molar-refractivity contribution in [2.45, 2.75) is 38.1 Å². The summed E-state index contributed by atoms with van der Waals surface area (Å²) < 4.78 is 10.9. The minimum atomic E-state index is -0.0617. The van der Waals surface area contributed by atoms with Gasteiger partial charge in [0.15, 0.2) is 11.7 Å². The average molecular weight is 376 g/mol. The second-order valence-electron chi connectivity index (χ2n) is 7.81. The van der Waals surface area contributed by atoms with Gasteiger partial charge in [-0.05, 0) is 62.1 Å². The van der Waals surface area contributed by atoms with E-state index in [0.29, 0.717) is 23.1 Å². The first-order valence-corrected chi connectivity index (χ1v) is 10.0. The maximum atomic E-state index is 12.7. The fourth-order valence-electron chi connectivity index (χ4n) is 4.66. The molecule has 5 rings (SSSR count). The quantitative estimate of drug-likeness (QED) is 0.660. The molecule has 0 radical (unpaired) electrons. The number of ketones is 1. The number of hydrogen-bond donors (Lipinski definition) is 1. The number of nitrogen functional groups attached to an aromatic ring is 1. The average Bonchev–Trinajstić information content (AvgIpc) is 3.30. The zero-order valence-electron chi connectivity index (χ0n) is 15.8. The molecule has 5 nitrogen and oxygen atoms in total. The van der Waals surface area contributed by atoms with Gasteiger partial charge in [-0.3, -0.25) is 9.69 Å². The Labute approximate surface area is 163 Å². The van der Waals surface area contributed by atoms with Crippen LogP contribution in [0.1, 0.15) is 53.6 Å². The number of rotatable bonds is 3. The van der Waals surface area contributed by atoms with E-state index in [1.807, 2.05) is 12.1 Å². The first-order valence-electron chi connectivity index (χ1n) is 10.0. The fourth-order valence-corrected chi connectivity index (χ4v) is 4.66. The number of carbonyl (C=O) groups excluding carboxylic acids is 1. The monoisotopic (exact) mass is 376 g/mol. The number of nitrogens with zero attached hydrogens (tertiary/aromatic N) is 1.